The van der Waals surface area contributed by atoms with Crippen LogP contribution in [0.4, 0.5) is 11.4 Å². The number of carbonyl (C=O) groups is 1. The van der Waals surface area contributed by atoms with Crippen LogP contribution in [-0.2, 0) is 4.79 Å². The first kappa shape index (κ1) is 19.3. The fourth-order valence-corrected chi connectivity index (χ4v) is 2.54. The highest BCUT2D eigenvalue weighted by atomic mass is 16.5. The number of carbonyl (C=O) groups excluding carboxylic acids is 1. The van der Waals surface area contributed by atoms with Crippen molar-refractivity contribution in [3.8, 4) is 5.75 Å². The number of ether oxygens (including phenoxy) is 1. The Morgan fingerprint density at radius 1 is 1.12 bits per heavy atom. The van der Waals surface area contributed by atoms with Gasteiger partial charge in [-0.2, -0.15) is 5.10 Å². The maximum atomic E-state index is 11.9. The lowest BCUT2D eigenvalue weighted by Gasteiger charge is -2.20. The molecule has 0 spiro atoms. The third kappa shape index (κ3) is 5.51. The second-order valence-corrected chi connectivity index (χ2v) is 5.61. The molecule has 0 radical (unpaired) electrons. The largest absolute Gasteiger partial charge is 0.495 e. The average Bonchev–Trinajstić information content (AvgIpc) is 2.68. The zero-order valence-corrected chi connectivity index (χ0v) is 15.5. The smallest absolute Gasteiger partial charge is 0.259 e. The molecule has 0 atom stereocenters. The molecule has 0 aromatic heterocycles. The number of nitrogens with one attached hydrogen (secondary N) is 2. The molecular formula is C20H26N4O2. The van der Waals surface area contributed by atoms with Gasteiger partial charge in [-0.3, -0.25) is 4.79 Å². The third-order valence-corrected chi connectivity index (χ3v) is 3.97. The summed E-state index contributed by atoms with van der Waals surface area (Å²) in [5.74, 6) is 0.462. The molecule has 2 aromatic rings. The van der Waals surface area contributed by atoms with E-state index in [0.717, 1.165) is 24.3 Å². The average molecular weight is 354 g/mol. The van der Waals surface area contributed by atoms with E-state index in [1.165, 1.54) is 5.69 Å². The Labute approximate surface area is 154 Å². The fraction of sp³-hybridized carbons (Fsp3) is 0.300. The van der Waals surface area contributed by atoms with Crippen molar-refractivity contribution < 1.29 is 9.53 Å². The molecular weight excluding hydrogens is 328 g/mol. The Bertz CT molecular complexity index is 725. The zero-order valence-electron chi connectivity index (χ0n) is 15.5. The van der Waals surface area contributed by atoms with Gasteiger partial charge < -0.3 is 15.0 Å². The summed E-state index contributed by atoms with van der Waals surface area (Å²) >= 11 is 0. The summed E-state index contributed by atoms with van der Waals surface area (Å²) in [5, 5.41) is 7.03. The highest BCUT2D eigenvalue weighted by molar-refractivity contribution is 5.84. The van der Waals surface area contributed by atoms with Crippen molar-refractivity contribution in [2.75, 3.05) is 37.0 Å². The minimum Gasteiger partial charge on any atom is -0.495 e. The molecule has 0 heterocycles. The first-order chi connectivity index (χ1) is 12.7. The number of hydrogen-bond donors (Lipinski definition) is 2. The molecule has 2 rings (SSSR count). The van der Waals surface area contributed by atoms with Crippen LogP contribution in [-0.4, -0.2) is 38.9 Å². The first-order valence-corrected chi connectivity index (χ1v) is 8.71. The van der Waals surface area contributed by atoms with Gasteiger partial charge in [0.15, 0.2) is 0 Å². The Kier molecular flexibility index (Phi) is 7.49. The Morgan fingerprint density at radius 2 is 1.81 bits per heavy atom. The second kappa shape index (κ2) is 10.1. The van der Waals surface area contributed by atoms with E-state index < -0.39 is 0 Å². The van der Waals surface area contributed by atoms with Gasteiger partial charge in [-0.25, -0.2) is 5.43 Å². The highest BCUT2D eigenvalue weighted by Crippen LogP contribution is 2.22. The molecule has 0 unspecified atom stereocenters. The van der Waals surface area contributed by atoms with Gasteiger partial charge in [-0.1, -0.05) is 24.3 Å². The molecule has 0 aliphatic carbocycles. The van der Waals surface area contributed by atoms with Gasteiger partial charge in [-0.15, -0.1) is 0 Å². The molecule has 0 aliphatic rings. The van der Waals surface area contributed by atoms with E-state index in [4.69, 9.17) is 4.74 Å². The van der Waals surface area contributed by atoms with E-state index >= 15 is 0 Å². The van der Waals surface area contributed by atoms with Crippen LogP contribution in [0.3, 0.4) is 0 Å². The highest BCUT2D eigenvalue weighted by Gasteiger charge is 2.04. The Hall–Kier alpha value is -3.02. The maximum Gasteiger partial charge on any atom is 0.259 e. The normalized spacial score (nSPS) is 10.6. The molecule has 138 valence electrons. The number of benzene rings is 2. The SMILES string of the molecule is CCN(CC)c1ccc(C=NNC(=O)CNc2ccccc2OC)cc1. The van der Waals surface area contributed by atoms with E-state index in [9.17, 15) is 4.79 Å². The van der Waals surface area contributed by atoms with Gasteiger partial charge in [-0.05, 0) is 43.7 Å². The second-order valence-electron chi connectivity index (χ2n) is 5.61. The van der Waals surface area contributed by atoms with Crippen molar-refractivity contribution in [3.63, 3.8) is 0 Å². The van der Waals surface area contributed by atoms with Crippen molar-refractivity contribution in [2.45, 2.75) is 13.8 Å². The molecule has 2 N–H and O–H groups in total. The number of methoxy groups -OCH3 is 1. The number of rotatable bonds is 9. The van der Waals surface area contributed by atoms with Crippen LogP contribution in [0, 0.1) is 0 Å². The van der Waals surface area contributed by atoms with Gasteiger partial charge in [0.25, 0.3) is 5.91 Å². The Balaban J connectivity index is 1.83. The van der Waals surface area contributed by atoms with Gasteiger partial charge in [0.1, 0.15) is 5.75 Å². The van der Waals surface area contributed by atoms with Gasteiger partial charge >= 0.3 is 0 Å². The van der Waals surface area contributed by atoms with Crippen LogP contribution < -0.4 is 20.4 Å². The van der Waals surface area contributed by atoms with Crippen LogP contribution in [0.25, 0.3) is 0 Å². The van der Waals surface area contributed by atoms with Crippen LogP contribution in [0.5, 0.6) is 5.75 Å². The molecule has 0 saturated carbocycles. The summed E-state index contributed by atoms with van der Waals surface area (Å²) in [6.07, 6.45) is 1.63. The molecule has 26 heavy (non-hydrogen) atoms. The monoisotopic (exact) mass is 354 g/mol. The molecule has 0 bridgehead atoms. The minimum absolute atomic E-state index is 0.110. The van der Waals surface area contributed by atoms with Crippen molar-refractivity contribution in [2.24, 2.45) is 5.10 Å². The van der Waals surface area contributed by atoms with Crippen molar-refractivity contribution in [1.82, 2.24) is 5.43 Å². The lowest BCUT2D eigenvalue weighted by Crippen LogP contribution is -2.26. The van der Waals surface area contributed by atoms with E-state index in [1.54, 1.807) is 13.3 Å². The zero-order chi connectivity index (χ0) is 18.8. The number of anilines is 2. The van der Waals surface area contributed by atoms with Crippen LogP contribution in [0.15, 0.2) is 53.6 Å². The summed E-state index contributed by atoms with van der Waals surface area (Å²) in [6.45, 7) is 6.32. The van der Waals surface area contributed by atoms with Crippen molar-refractivity contribution in [3.05, 3.63) is 54.1 Å². The van der Waals surface area contributed by atoms with Gasteiger partial charge in [0, 0.05) is 18.8 Å². The minimum atomic E-state index is -0.230. The first-order valence-electron chi connectivity index (χ1n) is 8.71. The quantitative estimate of drug-likeness (QED) is 0.536. The van der Waals surface area contributed by atoms with Crippen LogP contribution in [0.1, 0.15) is 19.4 Å². The van der Waals surface area contributed by atoms with E-state index in [0.29, 0.717) is 5.75 Å². The summed E-state index contributed by atoms with van der Waals surface area (Å²) < 4.78 is 5.23. The molecule has 6 heteroatoms. The number of hydrazone groups is 1. The molecule has 1 amide bonds. The van der Waals surface area contributed by atoms with Crippen molar-refractivity contribution in [1.29, 1.82) is 0 Å². The summed E-state index contributed by atoms with van der Waals surface area (Å²) in [5.41, 5.74) is 5.39. The molecule has 0 saturated heterocycles. The fourth-order valence-electron chi connectivity index (χ4n) is 2.54. The molecule has 6 nitrogen and oxygen atoms in total. The summed E-state index contributed by atoms with van der Waals surface area (Å²) in [4.78, 5) is 14.2. The van der Waals surface area contributed by atoms with E-state index in [-0.39, 0.29) is 12.5 Å². The van der Waals surface area contributed by atoms with Gasteiger partial charge in [0.2, 0.25) is 0 Å². The standard InChI is InChI=1S/C20H26N4O2/c1-4-24(5-2)17-12-10-16(11-13-17)14-22-23-20(25)15-21-18-8-6-7-9-19(18)26-3/h6-14,21H,4-5,15H2,1-3H3,(H,23,25). The van der Waals surface area contributed by atoms with Gasteiger partial charge in [0.05, 0.1) is 25.6 Å². The van der Waals surface area contributed by atoms with E-state index in [1.807, 2.05) is 36.4 Å². The predicted octanol–water partition coefficient (Wildman–Crippen LogP) is 3.10. The number of nitrogens with zero attached hydrogens (tertiary/aromatic N) is 2. The van der Waals surface area contributed by atoms with E-state index in [2.05, 4.69) is 46.7 Å². The molecule has 2 aromatic carbocycles. The van der Waals surface area contributed by atoms with Crippen LogP contribution >= 0.6 is 0 Å². The van der Waals surface area contributed by atoms with Crippen LogP contribution in [0.2, 0.25) is 0 Å². The lowest BCUT2D eigenvalue weighted by molar-refractivity contribution is -0.119. The topological polar surface area (TPSA) is 66.0 Å². The third-order valence-electron chi connectivity index (χ3n) is 3.97. The number of hydrogen-bond acceptors (Lipinski definition) is 5. The maximum absolute atomic E-state index is 11.9. The molecule has 0 fully saturated rings. The number of para-hydroxylation sites is 2. The summed E-state index contributed by atoms with van der Waals surface area (Å²) in [7, 11) is 1.59. The predicted molar refractivity (Wildman–Crippen MR) is 107 cm³/mol. The number of amides is 1. The Morgan fingerprint density at radius 3 is 2.46 bits per heavy atom. The van der Waals surface area contributed by atoms with Crippen molar-refractivity contribution >= 4 is 23.5 Å². The molecule has 0 aliphatic heterocycles. The lowest BCUT2D eigenvalue weighted by atomic mass is 10.2. The summed E-state index contributed by atoms with van der Waals surface area (Å²) in [6, 6.07) is 15.5.